The average molecular weight is 470 g/mol. The smallest absolute Gasteiger partial charge is 0.381 e. The molecule has 0 heterocycles. The van der Waals surface area contributed by atoms with Gasteiger partial charge in [-0.3, -0.25) is 0 Å². The Morgan fingerprint density at radius 2 is 0.724 bits per heavy atom. The van der Waals surface area contributed by atoms with E-state index in [0.717, 1.165) is 0 Å². The van der Waals surface area contributed by atoms with Crippen LogP contribution in [0.15, 0.2) is 24.7 Å². The van der Waals surface area contributed by atoms with Crippen LogP contribution in [-0.4, -0.2) is 48.4 Å². The van der Waals surface area contributed by atoms with Crippen molar-refractivity contribution in [3.8, 4) is 0 Å². The minimum Gasteiger partial charge on any atom is -0.473 e. The zero-order chi connectivity index (χ0) is 23.7. The summed E-state index contributed by atoms with van der Waals surface area (Å²) in [4.78, 5) is 0. The van der Waals surface area contributed by atoms with E-state index in [1.165, 1.54) is 0 Å². The predicted molar refractivity (Wildman–Crippen MR) is 61.1 cm³/mol. The van der Waals surface area contributed by atoms with Gasteiger partial charge in [0.05, 0.1) is 12.5 Å². The van der Waals surface area contributed by atoms with E-state index < -0.39 is 73.1 Å². The first-order valence-electron chi connectivity index (χ1n) is 6.43. The molecule has 0 saturated heterocycles. The fourth-order valence-corrected chi connectivity index (χ4v) is 1.22. The standard InChI is InChI=1S/C12H6F16O/c13-5(14)9(21,22)11(25,26)7(17,18)1-3-29-4-2-8(19,20)12(27,28)10(23,24)6(15)16/h1-6H. The van der Waals surface area contributed by atoms with Crippen LogP contribution in [0.3, 0.4) is 0 Å². The maximum Gasteiger partial charge on any atom is 0.381 e. The van der Waals surface area contributed by atoms with Crippen molar-refractivity contribution in [2.75, 3.05) is 0 Å². The Kier molecular flexibility index (Phi) is 7.60. The fourth-order valence-electron chi connectivity index (χ4n) is 1.22. The van der Waals surface area contributed by atoms with E-state index >= 15 is 0 Å². The van der Waals surface area contributed by atoms with Gasteiger partial charge in [-0.05, 0) is 0 Å². The van der Waals surface area contributed by atoms with Crippen LogP contribution >= 0.6 is 0 Å². The molecule has 0 fully saturated rings. The minimum atomic E-state index is -6.74. The molecule has 0 radical (unpaired) electrons. The van der Waals surface area contributed by atoms with Gasteiger partial charge in [0, 0.05) is 12.2 Å². The van der Waals surface area contributed by atoms with E-state index in [4.69, 9.17) is 0 Å². The highest BCUT2D eigenvalue weighted by molar-refractivity contribution is 5.09. The molecular formula is C12H6F16O. The van der Waals surface area contributed by atoms with Crippen molar-refractivity contribution in [1.29, 1.82) is 0 Å². The Hall–Kier alpha value is -1.84. The summed E-state index contributed by atoms with van der Waals surface area (Å²) in [6.07, 6.45) is -14.9. The van der Waals surface area contributed by atoms with Gasteiger partial charge in [0.2, 0.25) is 0 Å². The van der Waals surface area contributed by atoms with Gasteiger partial charge in [-0.1, -0.05) is 0 Å². The molecule has 0 bridgehead atoms. The van der Waals surface area contributed by atoms with E-state index in [2.05, 4.69) is 4.74 Å². The van der Waals surface area contributed by atoms with Crippen LogP contribution in [0.1, 0.15) is 0 Å². The summed E-state index contributed by atoms with van der Waals surface area (Å²) in [5.41, 5.74) is 0. The van der Waals surface area contributed by atoms with Crippen molar-refractivity contribution in [1.82, 2.24) is 0 Å². The molecule has 0 N–H and O–H groups in total. The molecule has 172 valence electrons. The molecule has 29 heavy (non-hydrogen) atoms. The summed E-state index contributed by atoms with van der Waals surface area (Å²) in [7, 11) is 0. The zero-order valence-electron chi connectivity index (χ0n) is 12.9. The molecule has 0 aromatic carbocycles. The zero-order valence-corrected chi connectivity index (χ0v) is 12.9. The molecule has 17 heteroatoms. The lowest BCUT2D eigenvalue weighted by Crippen LogP contribution is -2.56. The van der Waals surface area contributed by atoms with Gasteiger partial charge in [-0.15, -0.1) is 0 Å². The van der Waals surface area contributed by atoms with Crippen LogP contribution in [0.4, 0.5) is 70.2 Å². The van der Waals surface area contributed by atoms with Gasteiger partial charge in [0.1, 0.15) is 0 Å². The summed E-state index contributed by atoms with van der Waals surface area (Å²) in [6, 6.07) is 0. The first-order chi connectivity index (χ1) is 12.6. The molecule has 0 aliphatic carbocycles. The van der Waals surface area contributed by atoms with Crippen molar-refractivity contribution in [2.24, 2.45) is 0 Å². The van der Waals surface area contributed by atoms with E-state index in [1.54, 1.807) is 0 Å². The molecule has 0 aromatic heterocycles. The van der Waals surface area contributed by atoms with E-state index in [1.807, 2.05) is 0 Å². The van der Waals surface area contributed by atoms with Gasteiger partial charge < -0.3 is 4.74 Å². The number of halogens is 16. The molecule has 0 amide bonds. The number of ether oxygens (including phenoxy) is 1. The van der Waals surface area contributed by atoms with Crippen LogP contribution < -0.4 is 0 Å². The van der Waals surface area contributed by atoms with Crippen molar-refractivity contribution in [2.45, 2.75) is 48.4 Å². The van der Waals surface area contributed by atoms with E-state index in [-0.39, 0.29) is 0 Å². The largest absolute Gasteiger partial charge is 0.473 e. The highest BCUT2D eigenvalue weighted by atomic mass is 19.4. The first-order valence-corrected chi connectivity index (χ1v) is 6.43. The molecule has 0 rings (SSSR count). The first kappa shape index (κ1) is 27.2. The molecule has 0 spiro atoms. The van der Waals surface area contributed by atoms with Crippen LogP contribution in [0.5, 0.6) is 0 Å². The number of hydrogen-bond acceptors (Lipinski definition) is 1. The molecule has 1 nitrogen and oxygen atoms in total. The van der Waals surface area contributed by atoms with Gasteiger partial charge >= 0.3 is 48.4 Å². The van der Waals surface area contributed by atoms with Crippen LogP contribution in [0.25, 0.3) is 0 Å². The van der Waals surface area contributed by atoms with Crippen LogP contribution in [-0.2, 0) is 4.74 Å². The Balaban J connectivity index is 5.41. The monoisotopic (exact) mass is 470 g/mol. The van der Waals surface area contributed by atoms with Crippen molar-refractivity contribution >= 4 is 0 Å². The molecule has 0 aliphatic heterocycles. The third-order valence-electron chi connectivity index (χ3n) is 2.93. The highest BCUT2D eigenvalue weighted by Crippen LogP contribution is 2.50. The number of allylic oxidation sites excluding steroid dienone is 2. The van der Waals surface area contributed by atoms with Crippen LogP contribution in [0, 0.1) is 0 Å². The Labute approximate surface area is 149 Å². The SMILES string of the molecule is FC(F)C(F)(F)C(F)(F)C(F)(F)C=COC=CC(F)(F)C(F)(F)C(F)(F)C(F)F. The Bertz CT molecular complexity index is 553. The van der Waals surface area contributed by atoms with Gasteiger partial charge in [0.15, 0.2) is 0 Å². The topological polar surface area (TPSA) is 9.23 Å². The summed E-state index contributed by atoms with van der Waals surface area (Å²) < 4.78 is 203. The van der Waals surface area contributed by atoms with Gasteiger partial charge in [-0.2, -0.15) is 52.7 Å². The third-order valence-corrected chi connectivity index (χ3v) is 2.93. The number of rotatable bonds is 10. The second-order valence-corrected chi connectivity index (χ2v) is 4.98. The Morgan fingerprint density at radius 3 is 0.931 bits per heavy atom. The fraction of sp³-hybridized carbons (Fsp3) is 0.667. The highest BCUT2D eigenvalue weighted by Gasteiger charge is 2.75. The Morgan fingerprint density at radius 1 is 0.483 bits per heavy atom. The molecule has 0 unspecified atom stereocenters. The van der Waals surface area contributed by atoms with Crippen molar-refractivity contribution in [3.63, 3.8) is 0 Å². The van der Waals surface area contributed by atoms with Gasteiger partial charge in [-0.25, -0.2) is 17.6 Å². The average Bonchev–Trinajstić information content (AvgIpc) is 2.53. The number of hydrogen-bond donors (Lipinski definition) is 0. The van der Waals surface area contributed by atoms with Gasteiger partial charge in [0.25, 0.3) is 0 Å². The lowest BCUT2D eigenvalue weighted by molar-refractivity contribution is -0.325. The second kappa shape index (κ2) is 8.12. The number of alkyl halides is 16. The predicted octanol–water partition coefficient (Wildman–Crippen LogP) is 6.37. The van der Waals surface area contributed by atoms with E-state index in [9.17, 15) is 70.2 Å². The molecule has 0 atom stereocenters. The maximum absolute atomic E-state index is 12.9. The normalized spacial score (nSPS) is 15.9. The lowest BCUT2D eigenvalue weighted by atomic mass is 10.0. The lowest BCUT2D eigenvalue weighted by Gasteiger charge is -2.30. The maximum atomic E-state index is 12.9. The van der Waals surface area contributed by atoms with Crippen LogP contribution in [0.2, 0.25) is 0 Å². The van der Waals surface area contributed by atoms with E-state index in [0.29, 0.717) is 0 Å². The third kappa shape index (κ3) is 4.84. The summed E-state index contributed by atoms with van der Waals surface area (Å²) in [5.74, 6) is -38.8. The molecule has 0 aromatic rings. The quantitative estimate of drug-likeness (QED) is 0.266. The summed E-state index contributed by atoms with van der Waals surface area (Å²) >= 11 is 0. The second-order valence-electron chi connectivity index (χ2n) is 4.98. The minimum absolute atomic E-state index is 0.842. The van der Waals surface area contributed by atoms with Crippen molar-refractivity contribution < 1.29 is 75.0 Å². The summed E-state index contributed by atoms with van der Waals surface area (Å²) in [6.45, 7) is 0. The molecule has 0 aliphatic rings. The molecular weight excluding hydrogens is 464 g/mol. The molecule has 0 saturated carbocycles. The summed E-state index contributed by atoms with van der Waals surface area (Å²) in [5, 5.41) is 0. The van der Waals surface area contributed by atoms with Crippen molar-refractivity contribution in [3.05, 3.63) is 24.7 Å².